The van der Waals surface area contributed by atoms with Crippen molar-refractivity contribution in [2.45, 2.75) is 39.2 Å². The molecule has 1 aliphatic heterocycles. The van der Waals surface area contributed by atoms with Gasteiger partial charge in [-0.1, -0.05) is 5.16 Å². The van der Waals surface area contributed by atoms with E-state index in [1.165, 1.54) is 0 Å². The van der Waals surface area contributed by atoms with Crippen LogP contribution in [0.5, 0.6) is 0 Å². The average Bonchev–Trinajstić information content (AvgIpc) is 3.38. The van der Waals surface area contributed by atoms with Crippen molar-refractivity contribution < 1.29 is 9.32 Å². The topological polar surface area (TPSA) is 94.9 Å². The first-order valence-corrected chi connectivity index (χ1v) is 9.10. The average molecular weight is 369 g/mol. The number of carbonyl (C=O) groups excluding carboxylic acids is 1. The number of aryl methyl sites for hydroxylation is 2. The van der Waals surface area contributed by atoms with Gasteiger partial charge in [-0.05, 0) is 26.7 Å². The number of aromatic nitrogens is 6. The number of carbonyl (C=O) groups is 1. The Morgan fingerprint density at radius 3 is 2.67 bits per heavy atom. The fourth-order valence-corrected chi connectivity index (χ4v) is 3.70. The summed E-state index contributed by atoms with van der Waals surface area (Å²) in [7, 11) is 2.00. The van der Waals surface area contributed by atoms with E-state index in [0.717, 1.165) is 24.5 Å². The van der Waals surface area contributed by atoms with Crippen LogP contribution >= 0.6 is 0 Å². The van der Waals surface area contributed by atoms with Crippen molar-refractivity contribution in [2.75, 3.05) is 13.1 Å². The minimum absolute atomic E-state index is 0.00321. The first-order chi connectivity index (χ1) is 13.0. The van der Waals surface area contributed by atoms with E-state index in [2.05, 4.69) is 24.9 Å². The van der Waals surface area contributed by atoms with Crippen LogP contribution in [-0.4, -0.2) is 53.4 Å². The Morgan fingerprint density at radius 1 is 1.26 bits per heavy atom. The molecule has 9 nitrogen and oxygen atoms in total. The lowest BCUT2D eigenvalue weighted by atomic mass is 9.95. The van der Waals surface area contributed by atoms with Crippen LogP contribution in [0.15, 0.2) is 23.2 Å². The van der Waals surface area contributed by atoms with Gasteiger partial charge in [0.05, 0.1) is 18.6 Å². The zero-order valence-electron chi connectivity index (χ0n) is 15.8. The summed E-state index contributed by atoms with van der Waals surface area (Å²) < 4.78 is 9.17. The Hall–Kier alpha value is -2.97. The summed E-state index contributed by atoms with van der Waals surface area (Å²) in [6, 6.07) is 0. The van der Waals surface area contributed by atoms with E-state index in [1.54, 1.807) is 26.4 Å². The molecule has 1 amide bonds. The molecule has 0 spiro atoms. The van der Waals surface area contributed by atoms with Crippen LogP contribution < -0.4 is 0 Å². The molecule has 3 aromatic rings. The second-order valence-corrected chi connectivity index (χ2v) is 7.03. The molecular formula is C18H23N7O2. The summed E-state index contributed by atoms with van der Waals surface area (Å²) in [5.41, 5.74) is 1.24. The lowest BCUT2D eigenvalue weighted by molar-refractivity contribution is 0.0708. The van der Waals surface area contributed by atoms with Gasteiger partial charge in [-0.2, -0.15) is 0 Å². The number of rotatable bonds is 4. The van der Waals surface area contributed by atoms with Gasteiger partial charge in [-0.3, -0.25) is 4.79 Å². The molecule has 0 saturated carbocycles. The molecule has 0 aliphatic carbocycles. The van der Waals surface area contributed by atoms with E-state index in [-0.39, 0.29) is 5.91 Å². The molecule has 0 unspecified atom stereocenters. The van der Waals surface area contributed by atoms with Crippen LogP contribution in [0, 0.1) is 13.8 Å². The second-order valence-electron chi connectivity index (χ2n) is 7.03. The molecule has 27 heavy (non-hydrogen) atoms. The van der Waals surface area contributed by atoms with Gasteiger partial charge < -0.3 is 18.6 Å². The molecule has 1 aliphatic rings. The van der Waals surface area contributed by atoms with Gasteiger partial charge in [0.2, 0.25) is 0 Å². The number of imidazole rings is 1. The lowest BCUT2D eigenvalue weighted by Crippen LogP contribution is -2.38. The molecular weight excluding hydrogens is 346 g/mol. The van der Waals surface area contributed by atoms with E-state index < -0.39 is 0 Å². The van der Waals surface area contributed by atoms with E-state index in [9.17, 15) is 4.79 Å². The highest BCUT2D eigenvalue weighted by molar-refractivity contribution is 5.96. The van der Waals surface area contributed by atoms with Crippen LogP contribution in [0.3, 0.4) is 0 Å². The number of likely N-dealkylation sites (tertiary alicyclic amines) is 1. The van der Waals surface area contributed by atoms with E-state index in [4.69, 9.17) is 4.52 Å². The van der Waals surface area contributed by atoms with Crippen LogP contribution in [-0.2, 0) is 13.6 Å². The summed E-state index contributed by atoms with van der Waals surface area (Å²) in [6.45, 7) is 5.61. The molecule has 4 rings (SSSR count). The first kappa shape index (κ1) is 17.4. The van der Waals surface area contributed by atoms with Gasteiger partial charge in [-0.15, -0.1) is 10.2 Å². The third-order valence-corrected chi connectivity index (χ3v) is 5.28. The monoisotopic (exact) mass is 369 g/mol. The largest absolute Gasteiger partial charge is 0.361 e. The zero-order valence-corrected chi connectivity index (χ0v) is 15.8. The van der Waals surface area contributed by atoms with Gasteiger partial charge in [0.15, 0.2) is 5.82 Å². The highest BCUT2D eigenvalue weighted by Crippen LogP contribution is 2.28. The van der Waals surface area contributed by atoms with Crippen molar-refractivity contribution in [1.29, 1.82) is 0 Å². The number of nitrogens with zero attached hydrogens (tertiary/aromatic N) is 7. The predicted octanol–water partition coefficient (Wildman–Crippen LogP) is 1.68. The van der Waals surface area contributed by atoms with Crippen molar-refractivity contribution in [3.05, 3.63) is 47.4 Å². The van der Waals surface area contributed by atoms with Crippen LogP contribution in [0.25, 0.3) is 0 Å². The van der Waals surface area contributed by atoms with Gasteiger partial charge in [0.25, 0.3) is 5.91 Å². The molecule has 4 heterocycles. The third kappa shape index (κ3) is 3.24. The number of hydrogen-bond acceptors (Lipinski definition) is 6. The third-order valence-electron chi connectivity index (χ3n) is 5.28. The van der Waals surface area contributed by atoms with Gasteiger partial charge in [-0.25, -0.2) is 4.98 Å². The Bertz CT molecular complexity index is 914. The summed E-state index contributed by atoms with van der Waals surface area (Å²) in [5, 5.41) is 12.7. The van der Waals surface area contributed by atoms with Crippen molar-refractivity contribution >= 4 is 5.91 Å². The normalized spacial score (nSPS) is 15.4. The molecule has 1 saturated heterocycles. The molecule has 0 aromatic carbocycles. The smallest absolute Gasteiger partial charge is 0.259 e. The Morgan fingerprint density at radius 2 is 2.04 bits per heavy atom. The van der Waals surface area contributed by atoms with Crippen molar-refractivity contribution in [3.8, 4) is 0 Å². The molecule has 3 aromatic heterocycles. The standard InChI is InChI=1S/C18H23N7O2/c1-12-16(13(2)27-22-12)18(26)25-7-4-14(5-8-25)17-21-20-15(23(17)3)10-24-9-6-19-11-24/h6,9,11,14H,4-5,7-8,10H2,1-3H3. The van der Waals surface area contributed by atoms with Crippen LogP contribution in [0.2, 0.25) is 0 Å². The number of amides is 1. The van der Waals surface area contributed by atoms with Gasteiger partial charge in [0.1, 0.15) is 17.1 Å². The minimum Gasteiger partial charge on any atom is -0.361 e. The molecule has 9 heteroatoms. The number of hydrogen-bond donors (Lipinski definition) is 0. The first-order valence-electron chi connectivity index (χ1n) is 9.10. The maximum absolute atomic E-state index is 12.8. The van der Waals surface area contributed by atoms with Crippen LogP contribution in [0.1, 0.15) is 52.2 Å². The Labute approximate surface area is 157 Å². The van der Waals surface area contributed by atoms with Crippen molar-refractivity contribution in [2.24, 2.45) is 7.05 Å². The van der Waals surface area contributed by atoms with Crippen molar-refractivity contribution in [1.82, 2.24) is 34.4 Å². The lowest BCUT2D eigenvalue weighted by Gasteiger charge is -2.31. The fraction of sp³-hybridized carbons (Fsp3) is 0.500. The quantitative estimate of drug-likeness (QED) is 0.694. The Kier molecular flexibility index (Phi) is 4.51. The Balaban J connectivity index is 1.42. The maximum Gasteiger partial charge on any atom is 0.259 e. The highest BCUT2D eigenvalue weighted by atomic mass is 16.5. The fourth-order valence-electron chi connectivity index (χ4n) is 3.70. The summed E-state index contributed by atoms with van der Waals surface area (Å²) in [5.74, 6) is 2.76. The molecule has 0 N–H and O–H groups in total. The zero-order chi connectivity index (χ0) is 19.0. The van der Waals surface area contributed by atoms with Crippen molar-refractivity contribution in [3.63, 3.8) is 0 Å². The molecule has 142 valence electrons. The molecule has 0 atom stereocenters. The second kappa shape index (κ2) is 6.98. The van der Waals surface area contributed by atoms with Crippen LogP contribution in [0.4, 0.5) is 0 Å². The van der Waals surface area contributed by atoms with E-state index in [1.807, 2.05) is 22.7 Å². The van der Waals surface area contributed by atoms with E-state index >= 15 is 0 Å². The SMILES string of the molecule is Cc1noc(C)c1C(=O)N1CCC(c2nnc(Cn3ccnc3)n2C)CC1. The molecule has 0 radical (unpaired) electrons. The number of piperidine rings is 1. The minimum atomic E-state index is 0.00321. The predicted molar refractivity (Wildman–Crippen MR) is 96.2 cm³/mol. The van der Waals surface area contributed by atoms with Gasteiger partial charge >= 0.3 is 0 Å². The summed E-state index contributed by atoms with van der Waals surface area (Å²) >= 11 is 0. The maximum atomic E-state index is 12.8. The van der Waals surface area contributed by atoms with E-state index in [0.29, 0.717) is 42.6 Å². The molecule has 0 bridgehead atoms. The van der Waals surface area contributed by atoms with Gasteiger partial charge in [0, 0.05) is 38.4 Å². The summed E-state index contributed by atoms with van der Waals surface area (Å²) in [6.07, 6.45) is 7.17. The highest BCUT2D eigenvalue weighted by Gasteiger charge is 2.30. The molecule has 1 fully saturated rings. The summed E-state index contributed by atoms with van der Waals surface area (Å²) in [4.78, 5) is 18.7.